The van der Waals surface area contributed by atoms with E-state index in [1.807, 2.05) is 0 Å². The van der Waals surface area contributed by atoms with Crippen molar-refractivity contribution in [2.24, 2.45) is 0 Å². The van der Waals surface area contributed by atoms with Crippen molar-refractivity contribution >= 4 is 29.2 Å². The van der Waals surface area contributed by atoms with Crippen LogP contribution < -0.4 is 34.7 Å². The predicted octanol–water partition coefficient (Wildman–Crippen LogP) is -1.46. The van der Waals surface area contributed by atoms with E-state index in [-0.39, 0.29) is 41.4 Å². The molecule has 0 aliphatic rings. The Morgan fingerprint density at radius 3 is 2.38 bits per heavy atom. The Kier molecular flexibility index (Phi) is 14.1. The number of carboxylic acids is 1. The number of carbonyl (C=O) groups excluding carboxylic acids is 1. The van der Waals surface area contributed by atoms with Crippen LogP contribution in [0.2, 0.25) is 0 Å². The minimum atomic E-state index is -0.988. The number of carbonyl (C=O) groups is 1. The number of aliphatic carboxylic acids is 1. The zero-order chi connectivity index (χ0) is 9.40. The maximum atomic E-state index is 10.0. The Morgan fingerprint density at radius 1 is 1.31 bits per heavy atom. The van der Waals surface area contributed by atoms with Crippen LogP contribution in [0.5, 0.6) is 0 Å². The molecule has 0 bridgehead atoms. The monoisotopic (exact) mass is 234 g/mol. The van der Waals surface area contributed by atoms with Crippen LogP contribution in [0, 0.1) is 0 Å². The van der Waals surface area contributed by atoms with Gasteiger partial charge in [-0.2, -0.15) is 0 Å². The van der Waals surface area contributed by atoms with Crippen molar-refractivity contribution < 1.29 is 39.5 Å². The molecule has 0 aromatic rings. The summed E-state index contributed by atoms with van der Waals surface area (Å²) in [6, 6.07) is 0. The fourth-order valence-corrected chi connectivity index (χ4v) is 1.54. The van der Waals surface area contributed by atoms with E-state index in [2.05, 4.69) is 0 Å². The van der Waals surface area contributed by atoms with Crippen molar-refractivity contribution in [2.45, 2.75) is 37.5 Å². The molecule has 1 atom stereocenters. The molecule has 0 N–H and O–H groups in total. The maximum absolute atomic E-state index is 10.0. The molecule has 5 heteroatoms. The smallest absolute Gasteiger partial charge is 0.550 e. The van der Waals surface area contributed by atoms with Crippen LogP contribution >= 0.6 is 23.2 Å². The normalized spacial score (nSPS) is 11.8. The van der Waals surface area contributed by atoms with Gasteiger partial charge in [-0.25, -0.2) is 0 Å². The molecule has 0 aliphatic heterocycles. The third-order valence-electron chi connectivity index (χ3n) is 1.57. The topological polar surface area (TPSA) is 40.1 Å². The first kappa shape index (κ1) is 16.5. The molecule has 0 saturated heterocycles. The number of carboxylic acid groups (broad SMARTS) is 1. The summed E-state index contributed by atoms with van der Waals surface area (Å²) < 4.78 is 0. The molecule has 1 unspecified atom stereocenters. The first-order valence-corrected chi connectivity index (χ1v) is 5.03. The van der Waals surface area contributed by atoms with Gasteiger partial charge in [0.05, 0.1) is 0 Å². The quantitative estimate of drug-likeness (QED) is 0.307. The summed E-state index contributed by atoms with van der Waals surface area (Å²) in [5, 5.41) is 10.1. The van der Waals surface area contributed by atoms with Gasteiger partial charge in [-0.1, -0.05) is 6.42 Å². The molecule has 0 saturated carbocycles. The standard InChI is InChI=1S/C8H14Cl2O2.Na/c9-6-5-7(10)3-1-2-4-8(11)12;/h7H,1-6H2,(H,11,12);/q;+1/p-1. The van der Waals surface area contributed by atoms with Gasteiger partial charge < -0.3 is 9.90 Å². The first-order chi connectivity index (χ1) is 5.66. The summed E-state index contributed by atoms with van der Waals surface area (Å²) in [5.41, 5.74) is 0. The molecule has 13 heavy (non-hydrogen) atoms. The van der Waals surface area contributed by atoms with Crippen molar-refractivity contribution in [3.63, 3.8) is 0 Å². The molecule has 0 heterocycles. The fourth-order valence-electron chi connectivity index (χ4n) is 0.898. The second-order valence-electron chi connectivity index (χ2n) is 2.69. The van der Waals surface area contributed by atoms with Crippen molar-refractivity contribution in [3.8, 4) is 0 Å². The van der Waals surface area contributed by atoms with Gasteiger partial charge in [-0.15, -0.1) is 23.2 Å². The van der Waals surface area contributed by atoms with Crippen LogP contribution in [0.1, 0.15) is 32.1 Å². The van der Waals surface area contributed by atoms with Gasteiger partial charge in [0.2, 0.25) is 0 Å². The summed E-state index contributed by atoms with van der Waals surface area (Å²) >= 11 is 11.3. The summed E-state index contributed by atoms with van der Waals surface area (Å²) in [6.07, 6.45) is 3.23. The van der Waals surface area contributed by atoms with Crippen molar-refractivity contribution in [3.05, 3.63) is 0 Å². The van der Waals surface area contributed by atoms with E-state index in [9.17, 15) is 9.90 Å². The Hall–Kier alpha value is 1.05. The van der Waals surface area contributed by atoms with E-state index in [1.165, 1.54) is 0 Å². The minimum absolute atomic E-state index is 0. The third-order valence-corrected chi connectivity index (χ3v) is 2.23. The number of alkyl halides is 2. The Bertz CT molecular complexity index is 133. The summed E-state index contributed by atoms with van der Waals surface area (Å²) in [7, 11) is 0. The van der Waals surface area contributed by atoms with Crippen LogP contribution in [0.15, 0.2) is 0 Å². The Morgan fingerprint density at radius 2 is 1.92 bits per heavy atom. The number of hydrogen-bond donors (Lipinski definition) is 0. The third kappa shape index (κ3) is 13.1. The van der Waals surface area contributed by atoms with E-state index < -0.39 is 5.97 Å². The van der Waals surface area contributed by atoms with E-state index >= 15 is 0 Å². The molecule has 0 rings (SSSR count). The van der Waals surface area contributed by atoms with Gasteiger partial charge in [-0.05, 0) is 25.7 Å². The van der Waals surface area contributed by atoms with Crippen LogP contribution in [0.3, 0.4) is 0 Å². The van der Waals surface area contributed by atoms with Gasteiger partial charge in [0.25, 0.3) is 0 Å². The molecule has 0 fully saturated rings. The minimum Gasteiger partial charge on any atom is -0.550 e. The SMILES string of the molecule is O=C([O-])CCCCC(Cl)CCCl.[Na+]. The zero-order valence-corrected chi connectivity index (χ0v) is 11.4. The molecular formula is C8H13Cl2NaO2. The molecule has 0 aliphatic carbocycles. The molecular weight excluding hydrogens is 222 g/mol. The molecule has 72 valence electrons. The van der Waals surface area contributed by atoms with Crippen LogP contribution in [-0.2, 0) is 4.79 Å². The number of halogens is 2. The molecule has 2 nitrogen and oxygen atoms in total. The van der Waals surface area contributed by atoms with Gasteiger partial charge in [0, 0.05) is 17.2 Å². The predicted molar refractivity (Wildman–Crippen MR) is 48.5 cm³/mol. The molecule has 0 aromatic carbocycles. The zero-order valence-electron chi connectivity index (χ0n) is 7.89. The number of hydrogen-bond acceptors (Lipinski definition) is 2. The van der Waals surface area contributed by atoms with Gasteiger partial charge in [0.1, 0.15) is 0 Å². The average molecular weight is 235 g/mol. The van der Waals surface area contributed by atoms with E-state index in [4.69, 9.17) is 23.2 Å². The molecule has 0 aromatic heterocycles. The van der Waals surface area contributed by atoms with Crippen molar-refractivity contribution in [1.82, 2.24) is 0 Å². The first-order valence-electron chi connectivity index (χ1n) is 4.06. The number of rotatable bonds is 7. The fraction of sp³-hybridized carbons (Fsp3) is 0.875. The summed E-state index contributed by atoms with van der Waals surface area (Å²) in [5.74, 6) is -0.423. The molecule has 0 spiro atoms. The van der Waals surface area contributed by atoms with E-state index in [0.29, 0.717) is 12.3 Å². The van der Waals surface area contributed by atoms with Crippen LogP contribution in [0.25, 0.3) is 0 Å². The van der Waals surface area contributed by atoms with Crippen LogP contribution in [-0.4, -0.2) is 17.2 Å². The van der Waals surface area contributed by atoms with Gasteiger partial charge >= 0.3 is 29.6 Å². The van der Waals surface area contributed by atoms with Crippen molar-refractivity contribution in [1.29, 1.82) is 0 Å². The summed E-state index contributed by atoms with van der Waals surface area (Å²) in [4.78, 5) is 10.0. The molecule has 0 radical (unpaired) electrons. The molecule has 0 amide bonds. The number of unbranched alkanes of at least 4 members (excludes halogenated alkanes) is 1. The maximum Gasteiger partial charge on any atom is 1.00 e. The van der Waals surface area contributed by atoms with E-state index in [1.54, 1.807) is 0 Å². The average Bonchev–Trinajstić information content (AvgIpc) is 1.98. The van der Waals surface area contributed by atoms with Crippen molar-refractivity contribution in [2.75, 3.05) is 5.88 Å². The largest absolute Gasteiger partial charge is 1.00 e. The second kappa shape index (κ2) is 11.1. The summed E-state index contributed by atoms with van der Waals surface area (Å²) in [6.45, 7) is 0. The van der Waals surface area contributed by atoms with Crippen LogP contribution in [0.4, 0.5) is 0 Å². The van der Waals surface area contributed by atoms with Gasteiger partial charge in [-0.3, -0.25) is 0 Å². The Balaban J connectivity index is 0. The second-order valence-corrected chi connectivity index (χ2v) is 3.69. The van der Waals surface area contributed by atoms with E-state index in [0.717, 1.165) is 19.3 Å². The Labute approximate surface area is 111 Å². The van der Waals surface area contributed by atoms with Gasteiger partial charge in [0.15, 0.2) is 0 Å².